The summed E-state index contributed by atoms with van der Waals surface area (Å²) in [6, 6.07) is 4.67. The highest BCUT2D eigenvalue weighted by molar-refractivity contribution is 5.50. The predicted octanol–water partition coefficient (Wildman–Crippen LogP) is 5.00. The molecule has 0 saturated heterocycles. The number of rotatable bonds is 5. The number of hydrogen-bond acceptors (Lipinski definition) is 1. The summed E-state index contributed by atoms with van der Waals surface area (Å²) in [6.07, 6.45) is -1.40. The summed E-state index contributed by atoms with van der Waals surface area (Å²) in [5.74, 6) is 0. The lowest BCUT2D eigenvalue weighted by atomic mass is 10.1. The van der Waals surface area contributed by atoms with Gasteiger partial charge < -0.3 is 5.32 Å². The largest absolute Gasteiger partial charge is 0.416 e. The molecule has 4 heteroatoms. The van der Waals surface area contributed by atoms with Crippen LogP contribution in [0.25, 0.3) is 0 Å². The fourth-order valence-corrected chi connectivity index (χ4v) is 1.98. The van der Waals surface area contributed by atoms with Gasteiger partial charge in [0.25, 0.3) is 0 Å². The normalized spacial score (nSPS) is 13.4. The second-order valence-electron chi connectivity index (χ2n) is 4.57. The molecule has 0 spiro atoms. The topological polar surface area (TPSA) is 12.0 Å². The maximum atomic E-state index is 12.8. The van der Waals surface area contributed by atoms with E-state index in [1.165, 1.54) is 19.1 Å². The van der Waals surface area contributed by atoms with E-state index in [9.17, 15) is 13.2 Å². The van der Waals surface area contributed by atoms with Gasteiger partial charge in [0.15, 0.2) is 0 Å². The Morgan fingerprint density at radius 2 is 1.89 bits per heavy atom. The van der Waals surface area contributed by atoms with Crippen molar-refractivity contribution in [3.63, 3.8) is 0 Å². The molecule has 1 rings (SSSR count). The van der Waals surface area contributed by atoms with Crippen molar-refractivity contribution in [2.75, 3.05) is 5.32 Å². The van der Waals surface area contributed by atoms with Crippen LogP contribution in [0, 0.1) is 6.92 Å². The third-order valence-electron chi connectivity index (χ3n) is 3.04. The first kappa shape index (κ1) is 14.9. The lowest BCUT2D eigenvalue weighted by molar-refractivity contribution is -0.138. The Morgan fingerprint density at radius 1 is 1.22 bits per heavy atom. The molecule has 0 radical (unpaired) electrons. The van der Waals surface area contributed by atoms with Gasteiger partial charge in [-0.2, -0.15) is 13.2 Å². The molecule has 0 aliphatic carbocycles. The molecule has 18 heavy (non-hydrogen) atoms. The van der Waals surface area contributed by atoms with Gasteiger partial charge in [-0.15, -0.1) is 0 Å². The van der Waals surface area contributed by atoms with Gasteiger partial charge in [0, 0.05) is 11.7 Å². The number of anilines is 1. The quantitative estimate of drug-likeness (QED) is 0.784. The highest BCUT2D eigenvalue weighted by Crippen LogP contribution is 2.33. The summed E-state index contributed by atoms with van der Waals surface area (Å²) in [7, 11) is 0. The van der Waals surface area contributed by atoms with E-state index in [1.54, 1.807) is 6.07 Å². The van der Waals surface area contributed by atoms with Gasteiger partial charge in [-0.25, -0.2) is 0 Å². The van der Waals surface area contributed by atoms with E-state index < -0.39 is 11.7 Å². The Balaban J connectivity index is 2.91. The molecule has 1 N–H and O–H groups in total. The third kappa shape index (κ3) is 3.93. The molecule has 1 unspecified atom stereocenters. The van der Waals surface area contributed by atoms with Gasteiger partial charge in [-0.3, -0.25) is 0 Å². The second-order valence-corrected chi connectivity index (χ2v) is 4.57. The van der Waals surface area contributed by atoms with Gasteiger partial charge in [0.2, 0.25) is 0 Å². The van der Waals surface area contributed by atoms with Crippen LogP contribution in [-0.4, -0.2) is 6.04 Å². The Bertz CT molecular complexity index is 385. The Labute approximate surface area is 106 Å². The van der Waals surface area contributed by atoms with Crippen molar-refractivity contribution >= 4 is 5.69 Å². The Kier molecular flexibility index (Phi) is 5.05. The number of nitrogens with one attached hydrogen (secondary N) is 1. The fourth-order valence-electron chi connectivity index (χ4n) is 1.98. The SMILES string of the molecule is CCCC(CC)Nc1ccc(C)c(C(F)(F)F)c1. The maximum Gasteiger partial charge on any atom is 0.416 e. The zero-order valence-corrected chi connectivity index (χ0v) is 11.1. The first-order chi connectivity index (χ1) is 8.38. The van der Waals surface area contributed by atoms with Crippen LogP contribution in [0.15, 0.2) is 18.2 Å². The van der Waals surface area contributed by atoms with Gasteiger partial charge in [0.05, 0.1) is 5.56 Å². The molecule has 0 aromatic heterocycles. The molecule has 0 saturated carbocycles. The number of halogens is 3. The summed E-state index contributed by atoms with van der Waals surface area (Å²) < 4.78 is 38.3. The zero-order valence-electron chi connectivity index (χ0n) is 11.1. The Hall–Kier alpha value is -1.19. The average Bonchev–Trinajstić information content (AvgIpc) is 2.29. The highest BCUT2D eigenvalue weighted by Gasteiger charge is 2.32. The Morgan fingerprint density at radius 3 is 2.39 bits per heavy atom. The summed E-state index contributed by atoms with van der Waals surface area (Å²) >= 11 is 0. The predicted molar refractivity (Wildman–Crippen MR) is 68.8 cm³/mol. The first-order valence-corrected chi connectivity index (χ1v) is 6.32. The summed E-state index contributed by atoms with van der Waals surface area (Å²) in [5, 5.41) is 3.17. The van der Waals surface area contributed by atoms with Crippen LogP contribution in [-0.2, 0) is 6.18 Å². The molecule has 0 aliphatic heterocycles. The average molecular weight is 259 g/mol. The fraction of sp³-hybridized carbons (Fsp3) is 0.571. The molecule has 1 aromatic carbocycles. The van der Waals surface area contributed by atoms with E-state index in [2.05, 4.69) is 12.2 Å². The van der Waals surface area contributed by atoms with Crippen LogP contribution in [0.3, 0.4) is 0 Å². The van der Waals surface area contributed by atoms with E-state index in [1.807, 2.05) is 6.92 Å². The number of benzene rings is 1. The minimum atomic E-state index is -4.28. The standard InChI is InChI=1S/C14H20F3N/c1-4-6-11(5-2)18-12-8-7-10(3)13(9-12)14(15,16)17/h7-9,11,18H,4-6H2,1-3H3. The number of alkyl halides is 3. The van der Waals surface area contributed by atoms with Crippen LogP contribution in [0.2, 0.25) is 0 Å². The van der Waals surface area contributed by atoms with Crippen molar-refractivity contribution in [2.45, 2.75) is 52.3 Å². The summed E-state index contributed by atoms with van der Waals surface area (Å²) in [4.78, 5) is 0. The molecule has 102 valence electrons. The summed E-state index contributed by atoms with van der Waals surface area (Å²) in [6.45, 7) is 5.59. The molecule has 0 amide bonds. The lowest BCUT2D eigenvalue weighted by Gasteiger charge is -2.19. The summed E-state index contributed by atoms with van der Waals surface area (Å²) in [5.41, 5.74) is 0.253. The van der Waals surface area contributed by atoms with E-state index in [4.69, 9.17) is 0 Å². The molecule has 0 aliphatic rings. The minimum Gasteiger partial charge on any atom is -0.382 e. The first-order valence-electron chi connectivity index (χ1n) is 6.32. The van der Waals surface area contributed by atoms with Crippen molar-refractivity contribution in [1.29, 1.82) is 0 Å². The lowest BCUT2D eigenvalue weighted by Crippen LogP contribution is -2.18. The number of hydrogen-bond donors (Lipinski definition) is 1. The molecule has 0 bridgehead atoms. The molecule has 0 fully saturated rings. The molecule has 1 aromatic rings. The van der Waals surface area contributed by atoms with Crippen LogP contribution < -0.4 is 5.32 Å². The smallest absolute Gasteiger partial charge is 0.382 e. The van der Waals surface area contributed by atoms with E-state index in [0.717, 1.165) is 19.3 Å². The number of aryl methyl sites for hydroxylation is 1. The second kappa shape index (κ2) is 6.12. The van der Waals surface area contributed by atoms with E-state index >= 15 is 0 Å². The monoisotopic (exact) mass is 259 g/mol. The van der Waals surface area contributed by atoms with Gasteiger partial charge >= 0.3 is 6.18 Å². The van der Waals surface area contributed by atoms with Crippen LogP contribution >= 0.6 is 0 Å². The molecule has 0 heterocycles. The molecule has 1 atom stereocenters. The zero-order chi connectivity index (χ0) is 13.8. The minimum absolute atomic E-state index is 0.235. The highest BCUT2D eigenvalue weighted by atomic mass is 19.4. The van der Waals surface area contributed by atoms with Crippen molar-refractivity contribution in [2.24, 2.45) is 0 Å². The van der Waals surface area contributed by atoms with Crippen molar-refractivity contribution in [1.82, 2.24) is 0 Å². The molecule has 1 nitrogen and oxygen atoms in total. The van der Waals surface area contributed by atoms with Gasteiger partial charge in [0.1, 0.15) is 0 Å². The van der Waals surface area contributed by atoms with Crippen molar-refractivity contribution < 1.29 is 13.2 Å². The van der Waals surface area contributed by atoms with Crippen LogP contribution in [0.4, 0.5) is 18.9 Å². The van der Waals surface area contributed by atoms with Crippen LogP contribution in [0.1, 0.15) is 44.2 Å². The van der Waals surface area contributed by atoms with Gasteiger partial charge in [-0.1, -0.05) is 26.3 Å². The van der Waals surface area contributed by atoms with Crippen molar-refractivity contribution in [3.8, 4) is 0 Å². The molecular weight excluding hydrogens is 239 g/mol. The van der Waals surface area contributed by atoms with Gasteiger partial charge in [-0.05, 0) is 37.5 Å². The molecular formula is C14H20F3N. The van der Waals surface area contributed by atoms with E-state index in [-0.39, 0.29) is 11.6 Å². The van der Waals surface area contributed by atoms with Crippen LogP contribution in [0.5, 0.6) is 0 Å². The van der Waals surface area contributed by atoms with Crippen molar-refractivity contribution in [3.05, 3.63) is 29.3 Å². The third-order valence-corrected chi connectivity index (χ3v) is 3.04. The van der Waals surface area contributed by atoms with E-state index in [0.29, 0.717) is 5.69 Å². The maximum absolute atomic E-state index is 12.8.